The smallest absolute Gasteiger partial charge is 0.308 e. The summed E-state index contributed by atoms with van der Waals surface area (Å²) in [4.78, 5) is 13.8. The minimum absolute atomic E-state index is 0.184. The maximum atomic E-state index is 11.5. The Bertz CT molecular complexity index is 283. The molecule has 0 amide bonds. The number of carbonyl (C=O) groups is 1. The highest BCUT2D eigenvalue weighted by Gasteiger charge is 2.37. The Labute approximate surface area is 123 Å². The quantitative estimate of drug-likeness (QED) is 0.662. The van der Waals surface area contributed by atoms with E-state index in [1.807, 2.05) is 6.92 Å². The van der Waals surface area contributed by atoms with Gasteiger partial charge in [0.1, 0.15) is 0 Å². The maximum Gasteiger partial charge on any atom is 0.308 e. The number of rotatable bonds is 9. The van der Waals surface area contributed by atoms with Crippen LogP contribution in [-0.2, 0) is 9.53 Å². The summed E-state index contributed by atoms with van der Waals surface area (Å²) < 4.78 is 5.44. The number of hydrogen-bond donors (Lipinski definition) is 1. The van der Waals surface area contributed by atoms with Gasteiger partial charge in [-0.3, -0.25) is 9.69 Å². The van der Waals surface area contributed by atoms with Crippen LogP contribution in [-0.4, -0.2) is 48.3 Å². The average Bonchev–Trinajstić information content (AvgIpc) is 2.44. The second-order valence-corrected chi connectivity index (χ2v) is 5.81. The van der Waals surface area contributed by atoms with E-state index in [9.17, 15) is 9.90 Å². The molecular weight excluding hydrogens is 254 g/mol. The van der Waals surface area contributed by atoms with Crippen LogP contribution in [0.5, 0.6) is 0 Å². The normalized spacial score (nSPS) is 26.9. The summed E-state index contributed by atoms with van der Waals surface area (Å²) in [5, 5.41) is 9.48. The van der Waals surface area contributed by atoms with E-state index in [-0.39, 0.29) is 12.0 Å². The van der Waals surface area contributed by atoms with Crippen molar-refractivity contribution in [2.45, 2.75) is 58.9 Å². The lowest BCUT2D eigenvalue weighted by Gasteiger charge is -2.40. The number of carboxylic acids is 1. The third kappa shape index (κ3) is 5.06. The predicted octanol–water partition coefficient (Wildman–Crippen LogP) is 3.01. The Hall–Kier alpha value is -0.610. The van der Waals surface area contributed by atoms with Gasteiger partial charge in [-0.1, -0.05) is 26.7 Å². The molecule has 1 N–H and O–H groups in total. The maximum absolute atomic E-state index is 11.5. The van der Waals surface area contributed by atoms with Crippen molar-refractivity contribution < 1.29 is 14.6 Å². The Morgan fingerprint density at radius 1 is 1.30 bits per heavy atom. The second-order valence-electron chi connectivity index (χ2n) is 5.81. The number of likely N-dealkylation sites (N-methyl/N-ethyl adjacent to an activating group) is 1. The first-order valence-electron chi connectivity index (χ1n) is 8.18. The summed E-state index contributed by atoms with van der Waals surface area (Å²) in [5.41, 5.74) is 0. The fourth-order valence-corrected chi connectivity index (χ4v) is 3.48. The van der Waals surface area contributed by atoms with Crippen molar-refractivity contribution >= 4 is 5.97 Å². The monoisotopic (exact) mass is 285 g/mol. The number of nitrogens with zero attached hydrogens (tertiary/aromatic N) is 1. The van der Waals surface area contributed by atoms with Gasteiger partial charge in [0.25, 0.3) is 0 Å². The van der Waals surface area contributed by atoms with E-state index < -0.39 is 5.97 Å². The van der Waals surface area contributed by atoms with Crippen LogP contribution >= 0.6 is 0 Å². The fourth-order valence-electron chi connectivity index (χ4n) is 3.48. The Kier molecular flexibility index (Phi) is 8.15. The van der Waals surface area contributed by atoms with Gasteiger partial charge in [0.15, 0.2) is 0 Å². The van der Waals surface area contributed by atoms with Crippen LogP contribution in [0.4, 0.5) is 0 Å². The van der Waals surface area contributed by atoms with Crippen LogP contribution < -0.4 is 0 Å². The summed E-state index contributed by atoms with van der Waals surface area (Å²) in [6.45, 7) is 9.50. The number of hydrogen-bond acceptors (Lipinski definition) is 3. The zero-order valence-electron chi connectivity index (χ0n) is 13.3. The highest BCUT2D eigenvalue weighted by Crippen LogP contribution is 2.34. The number of carboxylic acid groups (broad SMARTS) is 1. The van der Waals surface area contributed by atoms with Crippen LogP contribution in [0, 0.1) is 11.8 Å². The molecule has 0 radical (unpaired) electrons. The molecule has 1 rings (SSSR count). The summed E-state index contributed by atoms with van der Waals surface area (Å²) in [5.74, 6) is -0.133. The van der Waals surface area contributed by atoms with Gasteiger partial charge in [0.05, 0.1) is 12.5 Å². The predicted molar refractivity (Wildman–Crippen MR) is 80.9 cm³/mol. The Balaban J connectivity index is 2.67. The molecule has 1 saturated carbocycles. The fraction of sp³-hybridized carbons (Fsp3) is 0.938. The van der Waals surface area contributed by atoms with Crippen molar-refractivity contribution in [3.05, 3.63) is 0 Å². The molecule has 0 aliphatic heterocycles. The highest BCUT2D eigenvalue weighted by molar-refractivity contribution is 5.71. The van der Waals surface area contributed by atoms with E-state index >= 15 is 0 Å². The minimum Gasteiger partial charge on any atom is -0.481 e. The van der Waals surface area contributed by atoms with E-state index in [1.165, 1.54) is 12.8 Å². The van der Waals surface area contributed by atoms with Crippen LogP contribution in [0.2, 0.25) is 0 Å². The topological polar surface area (TPSA) is 49.8 Å². The summed E-state index contributed by atoms with van der Waals surface area (Å²) >= 11 is 0. The lowest BCUT2D eigenvalue weighted by atomic mass is 9.76. The molecule has 1 aliphatic carbocycles. The SMILES string of the molecule is CCCC1CCC(C(=O)O)C(N(CC)CCOCC)C1. The van der Waals surface area contributed by atoms with Crippen molar-refractivity contribution in [3.8, 4) is 0 Å². The Morgan fingerprint density at radius 3 is 2.60 bits per heavy atom. The molecule has 1 aliphatic rings. The van der Waals surface area contributed by atoms with Gasteiger partial charge < -0.3 is 9.84 Å². The van der Waals surface area contributed by atoms with Crippen molar-refractivity contribution in [2.75, 3.05) is 26.3 Å². The van der Waals surface area contributed by atoms with Crippen molar-refractivity contribution in [1.82, 2.24) is 4.90 Å². The average molecular weight is 285 g/mol. The number of aliphatic carboxylic acids is 1. The first-order valence-corrected chi connectivity index (χ1v) is 8.18. The van der Waals surface area contributed by atoms with E-state index in [1.54, 1.807) is 0 Å². The van der Waals surface area contributed by atoms with Crippen molar-refractivity contribution in [2.24, 2.45) is 11.8 Å². The van der Waals surface area contributed by atoms with Gasteiger partial charge in [-0.05, 0) is 38.6 Å². The van der Waals surface area contributed by atoms with Gasteiger partial charge >= 0.3 is 5.97 Å². The summed E-state index contributed by atoms with van der Waals surface area (Å²) in [7, 11) is 0. The largest absolute Gasteiger partial charge is 0.481 e. The molecule has 4 nitrogen and oxygen atoms in total. The summed E-state index contributed by atoms with van der Waals surface area (Å²) in [6.07, 6.45) is 5.36. The first kappa shape index (κ1) is 17.4. The van der Waals surface area contributed by atoms with Gasteiger partial charge in [-0.15, -0.1) is 0 Å². The van der Waals surface area contributed by atoms with Gasteiger partial charge in [-0.2, -0.15) is 0 Å². The van der Waals surface area contributed by atoms with Crippen LogP contribution in [0.1, 0.15) is 52.9 Å². The lowest BCUT2D eigenvalue weighted by Crippen LogP contribution is -2.48. The van der Waals surface area contributed by atoms with Crippen LogP contribution in [0.3, 0.4) is 0 Å². The van der Waals surface area contributed by atoms with Gasteiger partial charge in [0, 0.05) is 19.2 Å². The zero-order valence-corrected chi connectivity index (χ0v) is 13.3. The molecule has 0 aromatic rings. The van der Waals surface area contributed by atoms with E-state index in [4.69, 9.17) is 4.74 Å². The molecule has 0 spiro atoms. The third-order valence-electron chi connectivity index (χ3n) is 4.54. The molecule has 0 bridgehead atoms. The molecule has 20 heavy (non-hydrogen) atoms. The standard InChI is InChI=1S/C16H31NO3/c1-4-7-13-8-9-14(16(18)19)15(12-13)17(5-2)10-11-20-6-3/h13-15H,4-12H2,1-3H3,(H,18,19). The summed E-state index contributed by atoms with van der Waals surface area (Å²) in [6, 6.07) is 0.184. The minimum atomic E-state index is -0.625. The molecule has 0 heterocycles. The molecule has 3 atom stereocenters. The molecular formula is C16H31NO3. The molecule has 3 unspecified atom stereocenters. The molecule has 118 valence electrons. The van der Waals surface area contributed by atoms with E-state index in [0.717, 1.165) is 39.0 Å². The first-order chi connectivity index (χ1) is 9.63. The molecule has 0 aromatic heterocycles. The zero-order chi connectivity index (χ0) is 15.0. The third-order valence-corrected chi connectivity index (χ3v) is 4.54. The van der Waals surface area contributed by atoms with E-state index in [2.05, 4.69) is 18.7 Å². The highest BCUT2D eigenvalue weighted by atomic mass is 16.5. The van der Waals surface area contributed by atoms with Crippen molar-refractivity contribution in [1.29, 1.82) is 0 Å². The molecule has 1 fully saturated rings. The molecule has 0 aromatic carbocycles. The molecule has 4 heteroatoms. The van der Waals surface area contributed by atoms with Crippen LogP contribution in [0.15, 0.2) is 0 Å². The molecule has 0 saturated heterocycles. The van der Waals surface area contributed by atoms with Gasteiger partial charge in [0.2, 0.25) is 0 Å². The van der Waals surface area contributed by atoms with E-state index in [0.29, 0.717) is 12.5 Å². The Morgan fingerprint density at radius 2 is 2.05 bits per heavy atom. The second kappa shape index (κ2) is 9.35. The number of ether oxygens (including phenoxy) is 1. The van der Waals surface area contributed by atoms with Crippen molar-refractivity contribution in [3.63, 3.8) is 0 Å². The lowest BCUT2D eigenvalue weighted by molar-refractivity contribution is -0.146. The van der Waals surface area contributed by atoms with Crippen LogP contribution in [0.25, 0.3) is 0 Å². The van der Waals surface area contributed by atoms with Gasteiger partial charge in [-0.25, -0.2) is 0 Å².